The van der Waals surface area contributed by atoms with E-state index in [0.29, 0.717) is 23.1 Å². The molecule has 1 heterocycles. The summed E-state index contributed by atoms with van der Waals surface area (Å²) in [7, 11) is 0. The van der Waals surface area contributed by atoms with E-state index in [0.717, 1.165) is 17.5 Å². The van der Waals surface area contributed by atoms with Crippen molar-refractivity contribution in [2.45, 2.75) is 20.3 Å². The van der Waals surface area contributed by atoms with Gasteiger partial charge >= 0.3 is 5.97 Å². The first-order chi connectivity index (χ1) is 16.3. The van der Waals surface area contributed by atoms with Crippen molar-refractivity contribution in [3.05, 3.63) is 76.9 Å². The standard InChI is InChI=1S/C28H25NO5/c1-14-3-4-15(2)20(11-14)23(30)13-34-28(33)16-5-7-17(8-6-16)29-26(31)24-18-9-10-19(22-12-21(18)22)25(24)27(29)32/h3-11,18-19,21-22,24-25H,12-13H2,1-2H3/t18-,19-,21-,22-,24-,25-/m1/s1. The number of hydrogen-bond donors (Lipinski definition) is 0. The summed E-state index contributed by atoms with van der Waals surface area (Å²) in [5.74, 6) is -0.214. The third-order valence-electron chi connectivity index (χ3n) is 8.05. The molecular weight excluding hydrogens is 430 g/mol. The van der Waals surface area contributed by atoms with Crippen LogP contribution in [0.2, 0.25) is 0 Å². The highest BCUT2D eigenvalue weighted by atomic mass is 16.5. The molecule has 2 amide bonds. The lowest BCUT2D eigenvalue weighted by Gasteiger charge is -2.37. The van der Waals surface area contributed by atoms with Gasteiger partial charge in [0.05, 0.1) is 23.1 Å². The van der Waals surface area contributed by atoms with Gasteiger partial charge in [0.15, 0.2) is 6.61 Å². The third kappa shape index (κ3) is 3.08. The van der Waals surface area contributed by atoms with E-state index in [1.165, 1.54) is 17.0 Å². The number of rotatable bonds is 5. The molecule has 1 saturated heterocycles. The van der Waals surface area contributed by atoms with Crippen LogP contribution in [0.1, 0.15) is 38.3 Å². The first-order valence-corrected chi connectivity index (χ1v) is 11.8. The highest BCUT2D eigenvalue weighted by Gasteiger charge is 2.67. The smallest absolute Gasteiger partial charge is 0.338 e. The number of allylic oxidation sites excluding steroid dienone is 2. The quantitative estimate of drug-likeness (QED) is 0.296. The van der Waals surface area contributed by atoms with Gasteiger partial charge in [-0.05, 0) is 79.8 Å². The van der Waals surface area contributed by atoms with Crippen LogP contribution in [0.25, 0.3) is 0 Å². The number of anilines is 1. The number of hydrogen-bond acceptors (Lipinski definition) is 5. The predicted molar refractivity (Wildman–Crippen MR) is 124 cm³/mol. The lowest BCUT2D eigenvalue weighted by Crippen LogP contribution is -2.40. The predicted octanol–water partition coefficient (Wildman–Crippen LogP) is 3.90. The first kappa shape index (κ1) is 21.0. The zero-order valence-corrected chi connectivity index (χ0v) is 19.1. The molecule has 2 saturated carbocycles. The van der Waals surface area contributed by atoms with Crippen LogP contribution in [0.15, 0.2) is 54.6 Å². The second-order valence-corrected chi connectivity index (χ2v) is 10.0. The van der Waals surface area contributed by atoms with Crippen LogP contribution in [-0.4, -0.2) is 30.2 Å². The number of benzene rings is 2. The van der Waals surface area contributed by atoms with Crippen LogP contribution in [-0.2, 0) is 14.3 Å². The van der Waals surface area contributed by atoms with Crippen LogP contribution in [0.4, 0.5) is 5.69 Å². The van der Waals surface area contributed by atoms with Gasteiger partial charge in [0, 0.05) is 5.56 Å². The Morgan fingerprint density at radius 2 is 1.53 bits per heavy atom. The van der Waals surface area contributed by atoms with E-state index < -0.39 is 5.97 Å². The molecule has 172 valence electrons. The maximum absolute atomic E-state index is 13.2. The monoisotopic (exact) mass is 455 g/mol. The van der Waals surface area contributed by atoms with Crippen molar-refractivity contribution in [3.63, 3.8) is 0 Å². The molecule has 0 radical (unpaired) electrons. The second-order valence-electron chi connectivity index (χ2n) is 10.0. The lowest BCUT2D eigenvalue weighted by atomic mass is 9.63. The molecule has 0 spiro atoms. The van der Waals surface area contributed by atoms with Crippen molar-refractivity contribution in [3.8, 4) is 0 Å². The molecular formula is C28H25NO5. The first-order valence-electron chi connectivity index (χ1n) is 11.8. The molecule has 34 heavy (non-hydrogen) atoms. The SMILES string of the molecule is Cc1ccc(C)c(C(=O)COC(=O)c2ccc(N3C(=O)[C@@H]4[C@@H]5C=C[C@H]([C@H]6C[C@H]56)[C@H]4C3=O)cc2)c1. The number of amides is 2. The minimum absolute atomic E-state index is 0.130. The van der Waals surface area contributed by atoms with E-state index >= 15 is 0 Å². The summed E-state index contributed by atoms with van der Waals surface area (Å²) in [6.07, 6.45) is 5.42. The molecule has 2 aromatic carbocycles. The second kappa shape index (κ2) is 7.49. The minimum atomic E-state index is -0.625. The largest absolute Gasteiger partial charge is 0.454 e. The van der Waals surface area contributed by atoms with E-state index in [2.05, 4.69) is 12.2 Å². The Morgan fingerprint density at radius 1 is 0.912 bits per heavy atom. The Labute approximate surface area is 197 Å². The molecule has 6 heteroatoms. The normalized spacial score (nSPS) is 30.2. The van der Waals surface area contributed by atoms with Gasteiger partial charge in [-0.3, -0.25) is 19.3 Å². The fourth-order valence-corrected chi connectivity index (χ4v) is 6.29. The minimum Gasteiger partial charge on any atom is -0.454 e. The maximum Gasteiger partial charge on any atom is 0.338 e. The molecule has 3 fully saturated rings. The zero-order valence-electron chi connectivity index (χ0n) is 19.1. The van der Waals surface area contributed by atoms with Crippen molar-refractivity contribution >= 4 is 29.3 Å². The summed E-state index contributed by atoms with van der Waals surface area (Å²) in [6.45, 7) is 3.39. The van der Waals surface area contributed by atoms with Crippen LogP contribution in [0.3, 0.4) is 0 Å². The molecule has 7 rings (SSSR count). The fourth-order valence-electron chi connectivity index (χ4n) is 6.29. The molecule has 0 unspecified atom stereocenters. The number of ether oxygens (including phenoxy) is 1. The molecule has 6 nitrogen and oxygen atoms in total. The van der Waals surface area contributed by atoms with Gasteiger partial charge in [0.2, 0.25) is 17.6 Å². The molecule has 1 aliphatic heterocycles. The van der Waals surface area contributed by atoms with Gasteiger partial charge in [-0.1, -0.05) is 29.8 Å². The molecule has 0 aromatic heterocycles. The van der Waals surface area contributed by atoms with Crippen LogP contribution >= 0.6 is 0 Å². The zero-order chi connectivity index (χ0) is 23.7. The Bertz CT molecular complexity index is 1240. The fraction of sp³-hybridized carbons (Fsp3) is 0.357. The Morgan fingerprint density at radius 3 is 2.15 bits per heavy atom. The van der Waals surface area contributed by atoms with Crippen molar-refractivity contribution in [2.75, 3.05) is 11.5 Å². The van der Waals surface area contributed by atoms with Gasteiger partial charge < -0.3 is 4.74 Å². The molecule has 2 bridgehead atoms. The number of carbonyl (C=O) groups is 4. The van der Waals surface area contributed by atoms with E-state index in [1.54, 1.807) is 18.2 Å². The third-order valence-corrected chi connectivity index (χ3v) is 8.05. The summed E-state index contributed by atoms with van der Waals surface area (Å²) < 4.78 is 5.23. The number of imide groups is 1. The maximum atomic E-state index is 13.2. The average molecular weight is 456 g/mol. The van der Waals surface area contributed by atoms with Gasteiger partial charge in [-0.2, -0.15) is 0 Å². The Balaban J connectivity index is 1.14. The Hall–Kier alpha value is -3.54. The summed E-state index contributed by atoms with van der Waals surface area (Å²) in [6, 6.07) is 11.9. The van der Waals surface area contributed by atoms with E-state index in [1.807, 2.05) is 26.0 Å². The average Bonchev–Trinajstić information content (AvgIpc) is 3.62. The van der Waals surface area contributed by atoms with Gasteiger partial charge in [-0.15, -0.1) is 0 Å². The summed E-state index contributed by atoms with van der Waals surface area (Å²) in [5, 5.41) is 0. The van der Waals surface area contributed by atoms with Crippen LogP contribution in [0, 0.1) is 49.4 Å². The van der Waals surface area contributed by atoms with Gasteiger partial charge in [-0.25, -0.2) is 4.79 Å². The number of carbonyl (C=O) groups excluding carboxylic acids is 4. The van der Waals surface area contributed by atoms with Crippen LogP contribution < -0.4 is 4.90 Å². The Kier molecular flexibility index (Phi) is 4.63. The number of Topliss-reactive ketones (excluding diaryl/α,β-unsaturated/α-hetero) is 1. The number of aryl methyl sites for hydroxylation is 2. The van der Waals surface area contributed by atoms with Crippen LogP contribution in [0.5, 0.6) is 0 Å². The molecule has 2 aromatic rings. The van der Waals surface area contributed by atoms with Gasteiger partial charge in [0.1, 0.15) is 0 Å². The number of nitrogens with zero attached hydrogens (tertiary/aromatic N) is 1. The highest BCUT2D eigenvalue weighted by molar-refractivity contribution is 6.22. The summed E-state index contributed by atoms with van der Waals surface area (Å²) in [4.78, 5) is 52.8. The summed E-state index contributed by atoms with van der Waals surface area (Å²) >= 11 is 0. The highest BCUT2D eigenvalue weighted by Crippen LogP contribution is 2.65. The van der Waals surface area contributed by atoms with Crippen molar-refractivity contribution in [1.29, 1.82) is 0 Å². The number of ketones is 1. The van der Waals surface area contributed by atoms with E-state index in [4.69, 9.17) is 4.74 Å². The van der Waals surface area contributed by atoms with E-state index in [-0.39, 0.29) is 53.4 Å². The summed E-state index contributed by atoms with van der Waals surface area (Å²) in [5.41, 5.74) is 3.06. The van der Waals surface area contributed by atoms with Gasteiger partial charge in [0.25, 0.3) is 0 Å². The molecule has 0 N–H and O–H groups in total. The topological polar surface area (TPSA) is 80.8 Å². The lowest BCUT2D eigenvalue weighted by molar-refractivity contribution is -0.124. The van der Waals surface area contributed by atoms with Crippen molar-refractivity contribution < 1.29 is 23.9 Å². The van der Waals surface area contributed by atoms with Crippen molar-refractivity contribution in [1.82, 2.24) is 0 Å². The number of esters is 1. The van der Waals surface area contributed by atoms with E-state index in [9.17, 15) is 19.2 Å². The van der Waals surface area contributed by atoms with Crippen molar-refractivity contribution in [2.24, 2.45) is 35.5 Å². The molecule has 4 aliphatic carbocycles. The molecule has 5 aliphatic rings. The molecule has 6 atom stereocenters.